The van der Waals surface area contributed by atoms with E-state index in [9.17, 15) is 0 Å². The summed E-state index contributed by atoms with van der Waals surface area (Å²) in [7, 11) is 2.01. The van der Waals surface area contributed by atoms with Gasteiger partial charge in [-0.1, -0.05) is 24.3 Å². The van der Waals surface area contributed by atoms with E-state index in [4.69, 9.17) is 0 Å². The van der Waals surface area contributed by atoms with Gasteiger partial charge in [-0.3, -0.25) is 0 Å². The van der Waals surface area contributed by atoms with Gasteiger partial charge >= 0.3 is 0 Å². The summed E-state index contributed by atoms with van der Waals surface area (Å²) in [4.78, 5) is 5.42. The lowest BCUT2D eigenvalue weighted by molar-refractivity contribution is 0.837. The van der Waals surface area contributed by atoms with Crippen LogP contribution in [0.3, 0.4) is 0 Å². The van der Waals surface area contributed by atoms with Gasteiger partial charge in [0.25, 0.3) is 0 Å². The van der Waals surface area contributed by atoms with Gasteiger partial charge in [0.2, 0.25) is 0 Å². The molecule has 0 amide bonds. The molecule has 19 heavy (non-hydrogen) atoms. The van der Waals surface area contributed by atoms with E-state index in [0.29, 0.717) is 0 Å². The van der Waals surface area contributed by atoms with Crippen LogP contribution in [-0.4, -0.2) is 9.55 Å². The van der Waals surface area contributed by atoms with Crippen molar-refractivity contribution in [1.29, 1.82) is 0 Å². The number of aryl methyl sites for hydroxylation is 1. The second-order valence-corrected chi connectivity index (χ2v) is 5.32. The summed E-state index contributed by atoms with van der Waals surface area (Å²) in [5, 5.41) is 5.59. The fourth-order valence-corrected chi connectivity index (χ4v) is 2.79. The Hall–Kier alpha value is -2.07. The lowest BCUT2D eigenvalue weighted by Crippen LogP contribution is -2.04. The summed E-state index contributed by atoms with van der Waals surface area (Å²) >= 11 is 1.76. The highest BCUT2D eigenvalue weighted by Crippen LogP contribution is 2.31. The molecule has 0 unspecified atom stereocenters. The Morgan fingerprint density at radius 3 is 2.84 bits per heavy atom. The number of benzene rings is 1. The summed E-state index contributed by atoms with van der Waals surface area (Å²) in [6.45, 7) is 0.777. The number of imidazole rings is 1. The largest absolute Gasteiger partial charge is 0.379 e. The van der Waals surface area contributed by atoms with Gasteiger partial charge in [0.1, 0.15) is 0 Å². The first-order valence-corrected chi connectivity index (χ1v) is 7.04. The van der Waals surface area contributed by atoms with Crippen LogP contribution in [0.2, 0.25) is 0 Å². The van der Waals surface area contributed by atoms with Crippen molar-refractivity contribution in [2.45, 2.75) is 6.54 Å². The Morgan fingerprint density at radius 2 is 2.11 bits per heavy atom. The third kappa shape index (κ3) is 2.53. The molecule has 1 N–H and O–H groups in total. The number of para-hydroxylation sites is 1. The Kier molecular flexibility index (Phi) is 3.33. The van der Waals surface area contributed by atoms with Crippen molar-refractivity contribution in [3.63, 3.8) is 0 Å². The van der Waals surface area contributed by atoms with Crippen LogP contribution < -0.4 is 5.32 Å². The quantitative estimate of drug-likeness (QED) is 0.781. The minimum atomic E-state index is 0.777. The summed E-state index contributed by atoms with van der Waals surface area (Å²) in [6.07, 6.45) is 3.71. The number of nitrogens with zero attached hydrogens (tertiary/aromatic N) is 2. The van der Waals surface area contributed by atoms with Crippen molar-refractivity contribution in [2.75, 3.05) is 5.32 Å². The van der Waals surface area contributed by atoms with Gasteiger partial charge in [-0.25, -0.2) is 4.98 Å². The maximum Gasteiger partial charge on any atom is 0.0946 e. The molecular formula is C15H15N3S. The van der Waals surface area contributed by atoms with Crippen molar-refractivity contribution in [3.8, 4) is 10.4 Å². The third-order valence-corrected chi connectivity index (χ3v) is 3.99. The second-order valence-electron chi connectivity index (χ2n) is 4.37. The van der Waals surface area contributed by atoms with E-state index in [2.05, 4.69) is 52.1 Å². The molecule has 0 spiro atoms. The average Bonchev–Trinajstić information content (AvgIpc) is 3.08. The van der Waals surface area contributed by atoms with Crippen LogP contribution in [0.4, 0.5) is 5.69 Å². The smallest absolute Gasteiger partial charge is 0.0946 e. The normalized spacial score (nSPS) is 10.6. The Balaban J connectivity index is 1.84. The molecule has 0 aliphatic carbocycles. The Morgan fingerprint density at radius 1 is 1.21 bits per heavy atom. The van der Waals surface area contributed by atoms with Gasteiger partial charge in [-0.15, -0.1) is 11.3 Å². The standard InChI is InChI=1S/C15H15N3S/c1-18-11-16-9-12(18)10-17-14-6-3-2-5-13(14)15-7-4-8-19-15/h2-9,11,17H,10H2,1H3. The monoisotopic (exact) mass is 269 g/mol. The topological polar surface area (TPSA) is 29.9 Å². The molecule has 0 radical (unpaired) electrons. The fraction of sp³-hybridized carbons (Fsp3) is 0.133. The van der Waals surface area contributed by atoms with Crippen LogP contribution in [0, 0.1) is 0 Å². The number of hydrogen-bond donors (Lipinski definition) is 1. The van der Waals surface area contributed by atoms with Crippen LogP contribution in [-0.2, 0) is 13.6 Å². The molecular weight excluding hydrogens is 254 g/mol. The summed E-state index contributed by atoms with van der Waals surface area (Å²) in [5.41, 5.74) is 3.58. The molecule has 0 saturated heterocycles. The fourth-order valence-electron chi connectivity index (χ4n) is 2.02. The van der Waals surface area contributed by atoms with Gasteiger partial charge in [0.05, 0.1) is 18.6 Å². The minimum Gasteiger partial charge on any atom is -0.379 e. The Bertz CT molecular complexity index is 656. The number of thiophene rings is 1. The van der Waals surface area contributed by atoms with E-state index in [1.165, 1.54) is 16.1 Å². The zero-order chi connectivity index (χ0) is 13.1. The molecule has 3 nitrogen and oxygen atoms in total. The van der Waals surface area contributed by atoms with E-state index >= 15 is 0 Å². The highest BCUT2D eigenvalue weighted by atomic mass is 32.1. The molecule has 3 aromatic rings. The minimum absolute atomic E-state index is 0.777. The van der Waals surface area contributed by atoms with Crippen molar-refractivity contribution in [3.05, 3.63) is 60.0 Å². The van der Waals surface area contributed by atoms with E-state index in [1.54, 1.807) is 11.3 Å². The van der Waals surface area contributed by atoms with Crippen molar-refractivity contribution >= 4 is 17.0 Å². The van der Waals surface area contributed by atoms with Crippen molar-refractivity contribution < 1.29 is 0 Å². The van der Waals surface area contributed by atoms with Crippen LogP contribution >= 0.6 is 11.3 Å². The van der Waals surface area contributed by atoms with E-state index in [0.717, 1.165) is 12.2 Å². The maximum atomic E-state index is 4.13. The first-order valence-electron chi connectivity index (χ1n) is 6.16. The molecule has 0 saturated carbocycles. The summed E-state index contributed by atoms with van der Waals surface area (Å²) in [6, 6.07) is 12.6. The first-order chi connectivity index (χ1) is 9.34. The molecule has 3 rings (SSSR count). The van der Waals surface area contributed by atoms with E-state index in [-0.39, 0.29) is 0 Å². The van der Waals surface area contributed by atoms with E-state index in [1.807, 2.05) is 24.1 Å². The van der Waals surface area contributed by atoms with E-state index < -0.39 is 0 Å². The summed E-state index contributed by atoms with van der Waals surface area (Å²) < 4.78 is 2.03. The van der Waals surface area contributed by atoms with Gasteiger partial charge in [0, 0.05) is 29.4 Å². The van der Waals surface area contributed by atoms with Gasteiger partial charge < -0.3 is 9.88 Å². The molecule has 0 aliphatic rings. The highest BCUT2D eigenvalue weighted by Gasteiger charge is 2.05. The lowest BCUT2D eigenvalue weighted by atomic mass is 10.1. The number of nitrogens with one attached hydrogen (secondary N) is 1. The molecule has 4 heteroatoms. The van der Waals surface area contributed by atoms with Gasteiger partial charge in [-0.05, 0) is 17.5 Å². The zero-order valence-corrected chi connectivity index (χ0v) is 11.5. The zero-order valence-electron chi connectivity index (χ0n) is 10.7. The van der Waals surface area contributed by atoms with Gasteiger partial charge in [-0.2, -0.15) is 0 Å². The third-order valence-electron chi connectivity index (χ3n) is 3.09. The number of rotatable bonds is 4. The van der Waals surface area contributed by atoms with Crippen LogP contribution in [0.15, 0.2) is 54.3 Å². The predicted octanol–water partition coefficient (Wildman–Crippen LogP) is 3.76. The SMILES string of the molecule is Cn1cncc1CNc1ccccc1-c1cccs1. The second kappa shape index (κ2) is 5.28. The molecule has 2 aromatic heterocycles. The maximum absolute atomic E-state index is 4.13. The van der Waals surface area contributed by atoms with Crippen molar-refractivity contribution in [1.82, 2.24) is 9.55 Å². The number of anilines is 1. The van der Waals surface area contributed by atoms with Crippen molar-refractivity contribution in [2.24, 2.45) is 7.05 Å². The van der Waals surface area contributed by atoms with Crippen LogP contribution in [0.5, 0.6) is 0 Å². The highest BCUT2D eigenvalue weighted by molar-refractivity contribution is 7.13. The Labute approximate surface area is 116 Å². The van der Waals surface area contributed by atoms with Gasteiger partial charge in [0.15, 0.2) is 0 Å². The first kappa shape index (κ1) is 12.0. The molecule has 0 bridgehead atoms. The molecule has 2 heterocycles. The number of hydrogen-bond acceptors (Lipinski definition) is 3. The molecule has 1 aromatic carbocycles. The summed E-state index contributed by atoms with van der Waals surface area (Å²) in [5.74, 6) is 0. The average molecular weight is 269 g/mol. The van der Waals surface area contributed by atoms with Crippen LogP contribution in [0.1, 0.15) is 5.69 Å². The molecule has 0 atom stereocenters. The molecule has 0 aliphatic heterocycles. The molecule has 96 valence electrons. The van der Waals surface area contributed by atoms with Crippen LogP contribution in [0.25, 0.3) is 10.4 Å². The lowest BCUT2D eigenvalue weighted by Gasteiger charge is -2.11. The predicted molar refractivity (Wildman–Crippen MR) is 80.3 cm³/mol. The molecule has 0 fully saturated rings. The number of aromatic nitrogens is 2.